The van der Waals surface area contributed by atoms with Crippen molar-refractivity contribution >= 4 is 22.8 Å². The van der Waals surface area contributed by atoms with Gasteiger partial charge in [0, 0.05) is 47.4 Å². The second-order valence-corrected chi connectivity index (χ2v) is 12.2. The first kappa shape index (κ1) is 31.5. The number of H-pyrrole nitrogens is 1. The third-order valence-electron chi connectivity index (χ3n) is 9.74. The van der Waals surface area contributed by atoms with E-state index in [0.717, 1.165) is 59.0 Å². The lowest BCUT2D eigenvalue weighted by atomic mass is 9.79. The van der Waals surface area contributed by atoms with Crippen LogP contribution in [0.1, 0.15) is 59.7 Å². The Bertz CT molecular complexity index is 1560. The molecule has 4 heterocycles. The van der Waals surface area contributed by atoms with Gasteiger partial charge in [-0.3, -0.25) is 4.90 Å². The molecule has 6 rings (SSSR count). The van der Waals surface area contributed by atoms with Crippen molar-refractivity contribution in [2.75, 3.05) is 13.7 Å². The van der Waals surface area contributed by atoms with Crippen molar-refractivity contribution in [1.82, 2.24) is 9.88 Å². The van der Waals surface area contributed by atoms with E-state index in [9.17, 15) is 30.0 Å². The van der Waals surface area contributed by atoms with Crippen molar-refractivity contribution < 1.29 is 49.0 Å². The summed E-state index contributed by atoms with van der Waals surface area (Å²) in [4.78, 5) is 30.4. The van der Waals surface area contributed by atoms with Gasteiger partial charge in [0.1, 0.15) is 24.1 Å². The van der Waals surface area contributed by atoms with E-state index in [-0.39, 0.29) is 23.2 Å². The number of aromatic nitrogens is 1. The van der Waals surface area contributed by atoms with Gasteiger partial charge in [-0.1, -0.05) is 12.1 Å². The number of rotatable bonds is 9. The summed E-state index contributed by atoms with van der Waals surface area (Å²) in [7, 11) is 1.70. The Labute approximate surface area is 260 Å². The number of benzene rings is 2. The van der Waals surface area contributed by atoms with Gasteiger partial charge in [0.2, 0.25) is 6.29 Å². The number of ether oxygens (including phenoxy) is 4. The minimum absolute atomic E-state index is 0.0875. The number of hydrogen-bond acceptors (Lipinski definition) is 10. The quantitative estimate of drug-likeness (QED) is 0.222. The molecule has 2 aromatic carbocycles. The Balaban J connectivity index is 1.28. The maximum atomic E-state index is 13.1. The molecule has 1 unspecified atom stereocenters. The van der Waals surface area contributed by atoms with Crippen LogP contribution in [0.5, 0.6) is 5.75 Å². The predicted octanol–water partition coefficient (Wildman–Crippen LogP) is 2.59. The van der Waals surface area contributed by atoms with Crippen molar-refractivity contribution in [3.63, 3.8) is 0 Å². The summed E-state index contributed by atoms with van der Waals surface area (Å²) in [6, 6.07) is 11.5. The first-order valence-corrected chi connectivity index (χ1v) is 15.3. The number of fused-ring (bicyclic) bond motifs is 3. The van der Waals surface area contributed by atoms with Crippen molar-refractivity contribution in [1.29, 1.82) is 0 Å². The highest BCUT2D eigenvalue weighted by Gasteiger charge is 2.53. The molecule has 3 aliphatic rings. The third kappa shape index (κ3) is 5.49. The van der Waals surface area contributed by atoms with Crippen LogP contribution in [0, 0.1) is 6.92 Å². The Morgan fingerprint density at radius 3 is 2.56 bits per heavy atom. The summed E-state index contributed by atoms with van der Waals surface area (Å²) >= 11 is 0. The molecule has 242 valence electrons. The molecule has 3 aromatic rings. The molecule has 12 heteroatoms. The maximum Gasteiger partial charge on any atom is 0.340 e. The van der Waals surface area contributed by atoms with Crippen molar-refractivity contribution in [3.8, 4) is 5.75 Å². The van der Waals surface area contributed by atoms with E-state index in [1.165, 1.54) is 0 Å². The number of carbonyl (C=O) groups excluding carboxylic acids is 1. The average molecular weight is 625 g/mol. The molecule has 0 aliphatic carbocycles. The topological polar surface area (TPSA) is 171 Å². The Kier molecular flexibility index (Phi) is 8.63. The van der Waals surface area contributed by atoms with Gasteiger partial charge in [-0.2, -0.15) is 0 Å². The summed E-state index contributed by atoms with van der Waals surface area (Å²) in [6.45, 7) is 5.36. The number of esters is 1. The second kappa shape index (κ2) is 12.3. The number of nitrogens with zero attached hydrogens (tertiary/aromatic N) is 1. The first-order chi connectivity index (χ1) is 21.6. The number of aliphatic hydroxyl groups is 3. The van der Waals surface area contributed by atoms with Gasteiger partial charge in [0.25, 0.3) is 0 Å². The summed E-state index contributed by atoms with van der Waals surface area (Å²) < 4.78 is 22.4. The molecule has 3 saturated heterocycles. The fourth-order valence-electron chi connectivity index (χ4n) is 7.54. The number of aromatic amines is 1. The minimum atomic E-state index is -1.88. The van der Waals surface area contributed by atoms with Crippen molar-refractivity contribution in [2.24, 2.45) is 0 Å². The molecule has 3 fully saturated rings. The fourth-order valence-corrected chi connectivity index (χ4v) is 7.54. The van der Waals surface area contributed by atoms with Gasteiger partial charge >= 0.3 is 11.9 Å². The van der Waals surface area contributed by atoms with E-state index < -0.39 is 42.6 Å². The van der Waals surface area contributed by atoms with Gasteiger partial charge in [-0.15, -0.1) is 0 Å². The smallest absolute Gasteiger partial charge is 0.340 e. The standard InChI is InChI=1S/C33H40N2O10/c1-4-43-21-14-20-9-11-33(15-21,35(20)16-23-22-10-12-34-25(22)17(2)13-24(23)42-3)19-7-5-18(6-8-19)31(41)45-32-28(38)26(36)27(37)29(44-32)30(39)40/h5-8,10,12-13,20-21,26-29,32,34,36-38H,4,9,11,14-16H2,1-3H3,(H,39,40)/t20-,21+,26+,27+,28-,29+,32?,33+/m1/s1. The molecule has 45 heavy (non-hydrogen) atoms. The minimum Gasteiger partial charge on any atom is -0.496 e. The predicted molar refractivity (Wildman–Crippen MR) is 161 cm³/mol. The van der Waals surface area contributed by atoms with E-state index in [0.29, 0.717) is 13.2 Å². The molecule has 1 aromatic heterocycles. The van der Waals surface area contributed by atoms with Crippen LogP contribution in [0.25, 0.3) is 10.9 Å². The van der Waals surface area contributed by atoms with Gasteiger partial charge < -0.3 is 44.4 Å². The summed E-state index contributed by atoms with van der Waals surface area (Å²) in [5.74, 6) is -1.59. The zero-order chi connectivity index (χ0) is 32.0. The van der Waals surface area contributed by atoms with Gasteiger partial charge in [0.05, 0.1) is 18.8 Å². The number of carboxylic acid groups (broad SMARTS) is 1. The molecule has 12 nitrogen and oxygen atoms in total. The average Bonchev–Trinajstić information content (AvgIpc) is 3.60. The molecule has 2 bridgehead atoms. The Morgan fingerprint density at radius 2 is 1.87 bits per heavy atom. The summed E-state index contributed by atoms with van der Waals surface area (Å²) in [6.07, 6.45) is -3.58. The molecule has 5 N–H and O–H groups in total. The molecule has 0 radical (unpaired) electrons. The maximum absolute atomic E-state index is 13.1. The van der Waals surface area contributed by atoms with Gasteiger partial charge in [-0.05, 0) is 74.9 Å². The lowest BCUT2D eigenvalue weighted by Gasteiger charge is -2.48. The zero-order valence-electron chi connectivity index (χ0n) is 25.5. The normalized spacial score (nSPS) is 31.6. The van der Waals surface area contributed by atoms with Crippen LogP contribution in [0.15, 0.2) is 42.6 Å². The number of aliphatic hydroxyl groups excluding tert-OH is 3. The zero-order valence-corrected chi connectivity index (χ0v) is 25.5. The SMILES string of the molecule is CCO[C@H]1C[C@H]2CC[C@@](c3ccc(C(=O)OC4O[C@H](C(=O)O)[C@@H](O)[C@H](O)[C@H]4O)cc3)(C1)N2Cc1c(OC)cc(C)c2[nH]ccc12. The van der Waals surface area contributed by atoms with Crippen LogP contribution in [-0.4, -0.2) is 98.8 Å². The van der Waals surface area contributed by atoms with E-state index in [1.807, 2.05) is 25.3 Å². The van der Waals surface area contributed by atoms with Gasteiger partial charge in [-0.25, -0.2) is 9.59 Å². The van der Waals surface area contributed by atoms with E-state index in [1.54, 1.807) is 19.2 Å². The molecule has 0 amide bonds. The number of nitrogens with one attached hydrogen (secondary N) is 1. The van der Waals surface area contributed by atoms with E-state index in [2.05, 4.69) is 28.9 Å². The lowest BCUT2D eigenvalue weighted by Crippen LogP contribution is -2.60. The number of carboxylic acids is 1. The highest BCUT2D eigenvalue weighted by molar-refractivity contribution is 5.90. The largest absolute Gasteiger partial charge is 0.496 e. The van der Waals surface area contributed by atoms with Crippen LogP contribution in [0.3, 0.4) is 0 Å². The number of carbonyl (C=O) groups is 2. The summed E-state index contributed by atoms with van der Waals surface area (Å²) in [5.41, 5.74) is 4.14. The Hall–Kier alpha value is -3.52. The van der Waals surface area contributed by atoms with Crippen LogP contribution in [0.2, 0.25) is 0 Å². The van der Waals surface area contributed by atoms with E-state index >= 15 is 0 Å². The summed E-state index contributed by atoms with van der Waals surface area (Å²) in [5, 5.41) is 40.7. The first-order valence-electron chi connectivity index (χ1n) is 15.3. The van der Waals surface area contributed by atoms with Crippen molar-refractivity contribution in [2.45, 2.75) is 94.5 Å². The molecule has 3 aliphatic heterocycles. The van der Waals surface area contributed by atoms with E-state index in [4.69, 9.17) is 18.9 Å². The monoisotopic (exact) mass is 624 g/mol. The highest BCUT2D eigenvalue weighted by Crippen LogP contribution is 2.53. The number of methoxy groups -OCH3 is 1. The van der Waals surface area contributed by atoms with Crippen LogP contribution in [-0.2, 0) is 31.1 Å². The number of aryl methyl sites for hydroxylation is 1. The molecule has 8 atom stereocenters. The molecule has 0 saturated carbocycles. The molecular weight excluding hydrogens is 584 g/mol. The number of hydrogen-bond donors (Lipinski definition) is 5. The Morgan fingerprint density at radius 1 is 1.11 bits per heavy atom. The van der Waals surface area contributed by atoms with Crippen LogP contribution >= 0.6 is 0 Å². The fraction of sp³-hybridized carbons (Fsp3) is 0.515. The number of piperidine rings is 1. The van der Waals surface area contributed by atoms with Crippen molar-refractivity contribution in [3.05, 3.63) is 64.8 Å². The van der Waals surface area contributed by atoms with Crippen LogP contribution < -0.4 is 4.74 Å². The highest BCUT2D eigenvalue weighted by atomic mass is 16.7. The lowest BCUT2D eigenvalue weighted by molar-refractivity contribution is -0.278. The second-order valence-electron chi connectivity index (χ2n) is 12.2. The number of aliphatic carboxylic acids is 1. The van der Waals surface area contributed by atoms with Gasteiger partial charge in [0.15, 0.2) is 6.10 Å². The molecular formula is C33H40N2O10. The van der Waals surface area contributed by atoms with Crippen LogP contribution in [0.4, 0.5) is 0 Å². The molecule has 0 spiro atoms. The third-order valence-corrected chi connectivity index (χ3v) is 9.74.